The number of carbonyl (C=O) groups excluding carboxylic acids is 1. The molecular formula is C23H28ClN5O. The third kappa shape index (κ3) is 4.16. The van der Waals surface area contributed by atoms with E-state index in [2.05, 4.69) is 44.4 Å². The summed E-state index contributed by atoms with van der Waals surface area (Å²) in [4.78, 5) is 25.3. The fraction of sp³-hybridized carbons (Fsp3) is 0.391. The van der Waals surface area contributed by atoms with Crippen LogP contribution in [0.15, 0.2) is 48.5 Å². The number of H-pyrrole nitrogens is 1. The van der Waals surface area contributed by atoms with Gasteiger partial charge in [-0.15, -0.1) is 12.4 Å². The van der Waals surface area contributed by atoms with Gasteiger partial charge in [0, 0.05) is 44.0 Å². The number of anilines is 1. The average Bonchev–Trinajstić information content (AvgIpc) is 3.24. The summed E-state index contributed by atoms with van der Waals surface area (Å²) in [7, 11) is 0. The molecule has 0 aliphatic carbocycles. The highest BCUT2D eigenvalue weighted by molar-refractivity contribution is 5.85. The maximum Gasteiger partial charge on any atom is 0.227 e. The predicted molar refractivity (Wildman–Crippen MR) is 123 cm³/mol. The molecule has 1 atom stereocenters. The van der Waals surface area contributed by atoms with E-state index in [-0.39, 0.29) is 18.3 Å². The molecule has 2 N–H and O–H groups in total. The lowest BCUT2D eigenvalue weighted by Crippen LogP contribution is -2.52. The molecule has 1 aromatic heterocycles. The number of aromatic amines is 1. The van der Waals surface area contributed by atoms with Gasteiger partial charge in [0.2, 0.25) is 5.91 Å². The van der Waals surface area contributed by atoms with Crippen molar-refractivity contribution in [2.45, 2.75) is 12.8 Å². The number of hydrogen-bond donors (Lipinski definition) is 2. The van der Waals surface area contributed by atoms with Gasteiger partial charge >= 0.3 is 0 Å². The number of halogens is 1. The third-order valence-corrected chi connectivity index (χ3v) is 6.11. The number of aromatic nitrogens is 2. The summed E-state index contributed by atoms with van der Waals surface area (Å²) in [6.07, 6.45) is 2.12. The molecule has 0 saturated carbocycles. The summed E-state index contributed by atoms with van der Waals surface area (Å²) in [6, 6.07) is 16.6. The third-order valence-electron chi connectivity index (χ3n) is 6.11. The van der Waals surface area contributed by atoms with Crippen molar-refractivity contribution in [1.82, 2.24) is 20.2 Å². The number of fused-ring (bicyclic) bond motifs is 1. The Labute approximate surface area is 183 Å². The first-order valence-corrected chi connectivity index (χ1v) is 10.6. The number of nitrogens with zero attached hydrogens (tertiary/aromatic N) is 3. The van der Waals surface area contributed by atoms with Crippen molar-refractivity contribution in [2.24, 2.45) is 5.92 Å². The smallest absolute Gasteiger partial charge is 0.227 e. The Hall–Kier alpha value is -2.57. The minimum Gasteiger partial charge on any atom is -0.368 e. The summed E-state index contributed by atoms with van der Waals surface area (Å²) >= 11 is 0. The van der Waals surface area contributed by atoms with Gasteiger partial charge in [0.15, 0.2) is 0 Å². The van der Waals surface area contributed by atoms with Crippen LogP contribution in [-0.4, -0.2) is 60.0 Å². The normalized spacial score (nSPS) is 19.5. The molecule has 2 aliphatic rings. The van der Waals surface area contributed by atoms with Crippen molar-refractivity contribution < 1.29 is 4.79 Å². The molecule has 0 bridgehead atoms. The molecule has 158 valence electrons. The van der Waals surface area contributed by atoms with Gasteiger partial charge < -0.3 is 20.1 Å². The SMILES string of the molecule is Cl.O=C([C@H]1CCCNC1)N1CCN(c2cccc(-c3nc4ccccc4[nH]3)c2)CC1. The predicted octanol–water partition coefficient (Wildman–Crippen LogP) is 3.30. The molecule has 0 unspecified atom stereocenters. The number of benzene rings is 2. The number of hydrogen-bond acceptors (Lipinski definition) is 4. The van der Waals surface area contributed by atoms with E-state index in [0.717, 1.165) is 74.5 Å². The first kappa shape index (κ1) is 20.7. The second-order valence-corrected chi connectivity index (χ2v) is 8.01. The molecule has 3 aromatic rings. The van der Waals surface area contributed by atoms with E-state index in [9.17, 15) is 4.79 Å². The van der Waals surface area contributed by atoms with Gasteiger partial charge in [0.05, 0.1) is 17.0 Å². The van der Waals surface area contributed by atoms with Gasteiger partial charge in [-0.3, -0.25) is 4.79 Å². The highest BCUT2D eigenvalue weighted by atomic mass is 35.5. The van der Waals surface area contributed by atoms with Gasteiger partial charge in [-0.2, -0.15) is 0 Å². The number of amides is 1. The molecule has 5 rings (SSSR count). The molecule has 3 heterocycles. The average molecular weight is 426 g/mol. The first-order chi connectivity index (χ1) is 14.3. The Morgan fingerprint density at radius 1 is 1.03 bits per heavy atom. The minimum absolute atomic E-state index is 0. The second kappa shape index (κ2) is 9.06. The van der Waals surface area contributed by atoms with E-state index in [1.165, 1.54) is 5.69 Å². The van der Waals surface area contributed by atoms with Crippen LogP contribution in [-0.2, 0) is 4.79 Å². The first-order valence-electron chi connectivity index (χ1n) is 10.6. The van der Waals surface area contributed by atoms with Crippen LogP contribution in [0.2, 0.25) is 0 Å². The lowest BCUT2D eigenvalue weighted by molar-refractivity contribution is -0.136. The summed E-state index contributed by atoms with van der Waals surface area (Å²) in [5.41, 5.74) is 4.31. The highest BCUT2D eigenvalue weighted by Crippen LogP contribution is 2.26. The zero-order chi connectivity index (χ0) is 19.6. The van der Waals surface area contributed by atoms with Gasteiger partial charge in [-0.05, 0) is 43.7 Å². The summed E-state index contributed by atoms with van der Waals surface area (Å²) in [5.74, 6) is 1.38. The number of nitrogens with one attached hydrogen (secondary N) is 2. The fourth-order valence-electron chi connectivity index (χ4n) is 4.45. The Kier molecular flexibility index (Phi) is 6.25. The summed E-state index contributed by atoms with van der Waals surface area (Å²) in [6.45, 7) is 5.21. The number of para-hydroxylation sites is 2. The summed E-state index contributed by atoms with van der Waals surface area (Å²) < 4.78 is 0. The molecule has 2 aromatic carbocycles. The van der Waals surface area contributed by atoms with Crippen LogP contribution in [0.3, 0.4) is 0 Å². The van der Waals surface area contributed by atoms with Crippen molar-refractivity contribution in [2.75, 3.05) is 44.2 Å². The Balaban J connectivity index is 0.00000218. The molecule has 2 saturated heterocycles. The largest absolute Gasteiger partial charge is 0.368 e. The van der Waals surface area contributed by atoms with Crippen molar-refractivity contribution in [3.05, 3.63) is 48.5 Å². The van der Waals surface area contributed by atoms with Crippen LogP contribution in [0.25, 0.3) is 22.4 Å². The number of carbonyl (C=O) groups is 1. The number of piperidine rings is 1. The van der Waals surface area contributed by atoms with E-state index in [1.807, 2.05) is 24.3 Å². The highest BCUT2D eigenvalue weighted by Gasteiger charge is 2.28. The Morgan fingerprint density at radius 3 is 2.63 bits per heavy atom. The Morgan fingerprint density at radius 2 is 1.87 bits per heavy atom. The van der Waals surface area contributed by atoms with Crippen molar-refractivity contribution >= 4 is 35.0 Å². The maximum absolute atomic E-state index is 12.8. The minimum atomic E-state index is 0. The van der Waals surface area contributed by atoms with Crippen LogP contribution in [0, 0.1) is 5.92 Å². The number of rotatable bonds is 3. The van der Waals surface area contributed by atoms with Crippen LogP contribution >= 0.6 is 12.4 Å². The second-order valence-electron chi connectivity index (χ2n) is 8.01. The van der Waals surface area contributed by atoms with Crippen LogP contribution < -0.4 is 10.2 Å². The van der Waals surface area contributed by atoms with Gasteiger partial charge in [0.25, 0.3) is 0 Å². The Bertz CT molecular complexity index is 973. The van der Waals surface area contributed by atoms with Gasteiger partial charge in [-0.1, -0.05) is 24.3 Å². The zero-order valence-electron chi connectivity index (χ0n) is 17.0. The van der Waals surface area contributed by atoms with Crippen molar-refractivity contribution in [3.63, 3.8) is 0 Å². The monoisotopic (exact) mass is 425 g/mol. The summed E-state index contributed by atoms with van der Waals surface area (Å²) in [5, 5.41) is 3.35. The molecule has 0 spiro atoms. The molecule has 7 heteroatoms. The van der Waals surface area contributed by atoms with E-state index < -0.39 is 0 Å². The molecule has 2 fully saturated rings. The molecule has 0 radical (unpaired) electrons. The lowest BCUT2D eigenvalue weighted by atomic mass is 9.98. The number of imidazole rings is 1. The molecular weight excluding hydrogens is 398 g/mol. The van der Waals surface area contributed by atoms with E-state index in [1.54, 1.807) is 0 Å². The van der Waals surface area contributed by atoms with Crippen LogP contribution in [0.1, 0.15) is 12.8 Å². The topological polar surface area (TPSA) is 64.3 Å². The molecule has 2 aliphatic heterocycles. The van der Waals surface area contributed by atoms with E-state index in [4.69, 9.17) is 4.98 Å². The van der Waals surface area contributed by atoms with E-state index >= 15 is 0 Å². The zero-order valence-corrected chi connectivity index (χ0v) is 17.8. The van der Waals surface area contributed by atoms with Crippen molar-refractivity contribution in [1.29, 1.82) is 0 Å². The lowest BCUT2D eigenvalue weighted by Gasteiger charge is -2.38. The number of piperazine rings is 1. The van der Waals surface area contributed by atoms with Gasteiger partial charge in [0.1, 0.15) is 5.82 Å². The standard InChI is InChI=1S/C23H27N5O.ClH/c29-23(18-6-4-10-24-16-18)28-13-11-27(12-14-28)19-7-3-5-17(15-19)22-25-20-8-1-2-9-21(20)26-22;/h1-3,5,7-9,15,18,24H,4,6,10-14,16H2,(H,25,26);1H/t18-;/m0./s1. The maximum atomic E-state index is 12.8. The molecule has 6 nitrogen and oxygen atoms in total. The van der Waals surface area contributed by atoms with E-state index in [0.29, 0.717) is 5.91 Å². The quantitative estimate of drug-likeness (QED) is 0.675. The molecule has 1 amide bonds. The fourth-order valence-corrected chi connectivity index (χ4v) is 4.45. The van der Waals surface area contributed by atoms with Gasteiger partial charge in [-0.25, -0.2) is 4.98 Å². The van der Waals surface area contributed by atoms with Crippen LogP contribution in [0.4, 0.5) is 5.69 Å². The van der Waals surface area contributed by atoms with Crippen LogP contribution in [0.5, 0.6) is 0 Å². The molecule has 30 heavy (non-hydrogen) atoms. The van der Waals surface area contributed by atoms with Crippen molar-refractivity contribution in [3.8, 4) is 11.4 Å².